The number of nitrogens with zero attached hydrogens (tertiary/aromatic N) is 1. The second kappa shape index (κ2) is 9.05. The van der Waals surface area contributed by atoms with E-state index in [2.05, 4.69) is 22.5 Å². The van der Waals surface area contributed by atoms with Crippen LogP contribution < -0.4 is 10.6 Å². The van der Waals surface area contributed by atoms with E-state index in [-0.39, 0.29) is 24.0 Å². The number of Topliss-reactive ketones (excluding diaryl/α,β-unsaturated/α-hetero) is 1. The number of rotatable bonds is 6. The normalized spacial score (nSPS) is 17.3. The summed E-state index contributed by atoms with van der Waals surface area (Å²) in [6.45, 7) is 5.52. The van der Waals surface area contributed by atoms with Crippen LogP contribution in [0.2, 0.25) is 0 Å². The molecule has 1 atom stereocenters. The van der Waals surface area contributed by atoms with E-state index < -0.39 is 5.25 Å². The number of nitrogens with one attached hydrogen (secondary N) is 2. The van der Waals surface area contributed by atoms with Crippen molar-refractivity contribution in [2.75, 3.05) is 5.32 Å². The Hall–Kier alpha value is -2.93. The molecule has 29 heavy (non-hydrogen) atoms. The van der Waals surface area contributed by atoms with Crippen LogP contribution in [0.3, 0.4) is 0 Å². The molecule has 1 aliphatic rings. The smallest absolute Gasteiger partial charge is 0.240 e. The number of aryl methyl sites for hydroxylation is 2. The highest BCUT2D eigenvalue weighted by Gasteiger charge is 2.32. The Morgan fingerprint density at radius 3 is 2.69 bits per heavy atom. The van der Waals surface area contributed by atoms with Gasteiger partial charge in [0.05, 0.1) is 5.69 Å². The highest BCUT2D eigenvalue weighted by molar-refractivity contribution is 8.15. The summed E-state index contributed by atoms with van der Waals surface area (Å²) in [5.74, 6) is -0.590. The first-order valence-corrected chi connectivity index (χ1v) is 10.3. The van der Waals surface area contributed by atoms with Crippen LogP contribution in [0, 0.1) is 6.92 Å². The second-order valence-corrected chi connectivity index (χ2v) is 8.03. The van der Waals surface area contributed by atoms with E-state index in [0.29, 0.717) is 16.4 Å². The number of ketones is 1. The van der Waals surface area contributed by atoms with Crippen molar-refractivity contribution in [1.82, 2.24) is 5.32 Å². The molecule has 0 aliphatic carbocycles. The topological polar surface area (TPSA) is 87.6 Å². The lowest BCUT2D eigenvalue weighted by Gasteiger charge is -2.08. The number of benzene rings is 2. The van der Waals surface area contributed by atoms with Crippen molar-refractivity contribution in [3.8, 4) is 0 Å². The van der Waals surface area contributed by atoms with Gasteiger partial charge in [0.25, 0.3) is 0 Å². The van der Waals surface area contributed by atoms with Crippen LogP contribution in [0.25, 0.3) is 0 Å². The summed E-state index contributed by atoms with van der Waals surface area (Å²) in [4.78, 5) is 40.8. The third-order valence-corrected chi connectivity index (χ3v) is 5.70. The molecule has 3 rings (SSSR count). The molecule has 0 saturated carbocycles. The molecule has 0 aromatic heterocycles. The monoisotopic (exact) mass is 409 g/mol. The first-order valence-electron chi connectivity index (χ1n) is 9.43. The van der Waals surface area contributed by atoms with E-state index in [4.69, 9.17) is 0 Å². The summed E-state index contributed by atoms with van der Waals surface area (Å²) < 4.78 is 0. The number of thioether (sulfide) groups is 1. The zero-order valence-electron chi connectivity index (χ0n) is 16.6. The van der Waals surface area contributed by atoms with Gasteiger partial charge in [-0.3, -0.25) is 14.4 Å². The third-order valence-electron chi connectivity index (χ3n) is 4.62. The average Bonchev–Trinajstić information content (AvgIpc) is 3.02. The number of hydrogen-bond donors (Lipinski definition) is 2. The van der Waals surface area contributed by atoms with Gasteiger partial charge >= 0.3 is 0 Å². The maximum absolute atomic E-state index is 12.4. The van der Waals surface area contributed by atoms with Crippen molar-refractivity contribution < 1.29 is 14.4 Å². The summed E-state index contributed by atoms with van der Waals surface area (Å²) in [6, 6.07) is 12.7. The molecule has 150 valence electrons. The molecule has 1 heterocycles. The maximum Gasteiger partial charge on any atom is 0.240 e. The Balaban J connectivity index is 1.67. The summed E-state index contributed by atoms with van der Waals surface area (Å²) in [5, 5.41) is 5.49. The van der Waals surface area contributed by atoms with E-state index in [9.17, 15) is 14.4 Å². The minimum atomic E-state index is -0.543. The van der Waals surface area contributed by atoms with Crippen LogP contribution in [0.5, 0.6) is 0 Å². The number of para-hydroxylation sites is 1. The van der Waals surface area contributed by atoms with Crippen molar-refractivity contribution >= 4 is 45.9 Å². The predicted octanol–water partition coefficient (Wildman–Crippen LogP) is 4.01. The number of hydrogen-bond acceptors (Lipinski definition) is 5. The molecule has 2 N–H and O–H groups in total. The predicted molar refractivity (Wildman–Crippen MR) is 117 cm³/mol. The quantitative estimate of drug-likeness (QED) is 0.706. The minimum Gasteiger partial charge on any atom is -0.326 e. The van der Waals surface area contributed by atoms with E-state index >= 15 is 0 Å². The first-order chi connectivity index (χ1) is 13.9. The highest BCUT2D eigenvalue weighted by Crippen LogP contribution is 2.29. The molecule has 2 amide bonds. The van der Waals surface area contributed by atoms with Gasteiger partial charge in [0.15, 0.2) is 11.0 Å². The van der Waals surface area contributed by atoms with Crippen LogP contribution in [0.4, 0.5) is 11.4 Å². The van der Waals surface area contributed by atoms with Crippen molar-refractivity contribution in [2.45, 2.75) is 38.9 Å². The van der Waals surface area contributed by atoms with Gasteiger partial charge < -0.3 is 10.6 Å². The lowest BCUT2D eigenvalue weighted by atomic mass is 10.1. The number of carbonyl (C=O) groups is 3. The van der Waals surface area contributed by atoms with Crippen LogP contribution in [-0.2, 0) is 16.0 Å². The van der Waals surface area contributed by atoms with Crippen LogP contribution >= 0.6 is 11.8 Å². The largest absolute Gasteiger partial charge is 0.326 e. The maximum atomic E-state index is 12.4. The lowest BCUT2D eigenvalue weighted by molar-refractivity contribution is -0.122. The van der Waals surface area contributed by atoms with Gasteiger partial charge in [0, 0.05) is 17.7 Å². The van der Waals surface area contributed by atoms with Crippen molar-refractivity contribution in [1.29, 1.82) is 0 Å². The van der Waals surface area contributed by atoms with Gasteiger partial charge in [-0.25, -0.2) is 4.99 Å². The van der Waals surface area contributed by atoms with Gasteiger partial charge in [-0.2, -0.15) is 0 Å². The second-order valence-electron chi connectivity index (χ2n) is 6.84. The first kappa shape index (κ1) is 20.8. The Labute approximate surface area is 174 Å². The third kappa shape index (κ3) is 5.12. The van der Waals surface area contributed by atoms with Gasteiger partial charge in [0.2, 0.25) is 11.8 Å². The molecule has 2 aromatic rings. The Bertz CT molecular complexity index is 1000. The standard InChI is InChI=1S/C22H23N3O3S/c1-4-15-8-5-7-13(2)20(15)24-22-25-21(28)18(29-22)12-19(27)23-17-10-6-9-16(11-17)14(3)26/h5-11,18H,4,12H2,1-3H3,(H,23,27)(H,24,25,28)/t18-/m1/s1. The van der Waals surface area contributed by atoms with Crippen LogP contribution in [0.1, 0.15) is 41.8 Å². The van der Waals surface area contributed by atoms with E-state index in [1.165, 1.54) is 18.7 Å². The van der Waals surface area contributed by atoms with E-state index in [1.54, 1.807) is 24.3 Å². The Kier molecular flexibility index (Phi) is 6.49. The minimum absolute atomic E-state index is 0.0220. The zero-order chi connectivity index (χ0) is 21.0. The number of carbonyl (C=O) groups excluding carboxylic acids is 3. The Morgan fingerprint density at radius 1 is 1.21 bits per heavy atom. The molecule has 0 unspecified atom stereocenters. The summed E-state index contributed by atoms with van der Waals surface area (Å²) >= 11 is 1.26. The van der Waals surface area contributed by atoms with Crippen molar-refractivity contribution in [3.05, 3.63) is 59.2 Å². The van der Waals surface area contributed by atoms with Gasteiger partial charge in [-0.1, -0.05) is 49.0 Å². The molecular weight excluding hydrogens is 386 g/mol. The van der Waals surface area contributed by atoms with Crippen molar-refractivity contribution in [3.63, 3.8) is 0 Å². The molecular formula is C22H23N3O3S. The molecule has 0 radical (unpaired) electrons. The number of aliphatic imine (C=N–C) groups is 1. The average molecular weight is 410 g/mol. The highest BCUT2D eigenvalue weighted by atomic mass is 32.2. The fourth-order valence-corrected chi connectivity index (χ4v) is 4.03. The van der Waals surface area contributed by atoms with E-state index in [0.717, 1.165) is 23.2 Å². The van der Waals surface area contributed by atoms with Gasteiger partial charge in [-0.05, 0) is 43.5 Å². The molecule has 1 aliphatic heterocycles. The number of anilines is 1. The number of amidine groups is 1. The number of amides is 2. The summed E-state index contributed by atoms with van der Waals surface area (Å²) in [7, 11) is 0. The van der Waals surface area contributed by atoms with Crippen LogP contribution in [-0.4, -0.2) is 28.0 Å². The molecule has 6 nitrogen and oxygen atoms in total. The lowest BCUT2D eigenvalue weighted by Crippen LogP contribution is -2.28. The van der Waals surface area contributed by atoms with Gasteiger partial charge in [0.1, 0.15) is 5.25 Å². The van der Waals surface area contributed by atoms with E-state index in [1.807, 2.05) is 25.1 Å². The SMILES string of the molecule is CCc1cccc(C)c1N=C1NC(=O)[C@@H](CC(=O)Nc2cccc(C(C)=O)c2)S1. The summed E-state index contributed by atoms with van der Waals surface area (Å²) in [5.41, 5.74) is 4.07. The van der Waals surface area contributed by atoms with Crippen LogP contribution in [0.15, 0.2) is 47.5 Å². The Morgan fingerprint density at radius 2 is 1.97 bits per heavy atom. The molecule has 0 bridgehead atoms. The molecule has 1 fully saturated rings. The molecule has 0 spiro atoms. The van der Waals surface area contributed by atoms with Gasteiger partial charge in [-0.15, -0.1) is 0 Å². The summed E-state index contributed by atoms with van der Waals surface area (Å²) in [6.07, 6.45) is 0.867. The fourth-order valence-electron chi connectivity index (χ4n) is 3.06. The van der Waals surface area contributed by atoms with Crippen molar-refractivity contribution in [2.24, 2.45) is 4.99 Å². The molecule has 1 saturated heterocycles. The molecule has 7 heteroatoms. The molecule has 2 aromatic carbocycles. The zero-order valence-corrected chi connectivity index (χ0v) is 17.4. The fraction of sp³-hybridized carbons (Fsp3) is 0.273.